The average Bonchev–Trinajstić information content (AvgIpc) is 2.48. The van der Waals surface area contributed by atoms with E-state index in [0.29, 0.717) is 11.4 Å². The third-order valence-electron chi connectivity index (χ3n) is 2.08. The highest BCUT2D eigenvalue weighted by Crippen LogP contribution is 2.15. The van der Waals surface area contributed by atoms with Gasteiger partial charge in [0.1, 0.15) is 5.69 Å². The first kappa shape index (κ1) is 17.0. The summed E-state index contributed by atoms with van der Waals surface area (Å²) in [6.45, 7) is 0. The average molecular weight is 314 g/mol. The Balaban J connectivity index is 0.000000295. The maximum atomic E-state index is 11.1. The maximum Gasteiger partial charge on any atom is 0.490 e. The smallest absolute Gasteiger partial charge is 0.475 e. The van der Waals surface area contributed by atoms with Gasteiger partial charge in [-0.2, -0.15) is 13.2 Å². The molecule has 0 saturated carbocycles. The van der Waals surface area contributed by atoms with Gasteiger partial charge in [-0.15, -0.1) is 0 Å². The van der Waals surface area contributed by atoms with Crippen LogP contribution in [-0.4, -0.2) is 38.1 Å². The number of primary amides is 1. The van der Waals surface area contributed by atoms with Crippen LogP contribution in [0.1, 0.15) is 10.5 Å². The largest absolute Gasteiger partial charge is 0.490 e. The summed E-state index contributed by atoms with van der Waals surface area (Å²) in [5, 5.41) is 7.12. The lowest BCUT2D eigenvalue weighted by Gasteiger charge is -2.02. The molecule has 0 aliphatic heterocycles. The summed E-state index contributed by atoms with van der Waals surface area (Å²) < 4.78 is 31.7. The van der Waals surface area contributed by atoms with Gasteiger partial charge in [0.05, 0.1) is 5.69 Å². The summed E-state index contributed by atoms with van der Waals surface area (Å²) in [7, 11) is 0. The van der Waals surface area contributed by atoms with Crippen LogP contribution in [0.15, 0.2) is 36.8 Å². The molecule has 2 heterocycles. The Labute approximate surface area is 121 Å². The van der Waals surface area contributed by atoms with E-state index in [1.54, 1.807) is 18.3 Å². The SMILES string of the molecule is NC(=O)c1nccnc1-c1ccccn1.O=C(O)C(F)(F)F. The van der Waals surface area contributed by atoms with Crippen molar-refractivity contribution < 1.29 is 27.9 Å². The summed E-state index contributed by atoms with van der Waals surface area (Å²) in [5.41, 5.74) is 6.31. The van der Waals surface area contributed by atoms with Crippen LogP contribution in [0.2, 0.25) is 0 Å². The van der Waals surface area contributed by atoms with Crippen molar-refractivity contribution in [2.24, 2.45) is 5.73 Å². The minimum absolute atomic E-state index is 0.135. The fourth-order valence-electron chi connectivity index (χ4n) is 1.21. The first-order chi connectivity index (χ1) is 10.2. The molecule has 2 aromatic rings. The number of alkyl halides is 3. The number of pyridine rings is 1. The Morgan fingerprint density at radius 1 is 1.05 bits per heavy atom. The van der Waals surface area contributed by atoms with Crippen LogP contribution in [0.25, 0.3) is 11.4 Å². The lowest BCUT2D eigenvalue weighted by atomic mass is 10.2. The first-order valence-electron chi connectivity index (χ1n) is 5.55. The Kier molecular flexibility index (Phi) is 5.50. The fraction of sp³-hybridized carbons (Fsp3) is 0.0833. The van der Waals surface area contributed by atoms with Crippen molar-refractivity contribution in [3.63, 3.8) is 0 Å². The molecule has 0 aliphatic carbocycles. The minimum Gasteiger partial charge on any atom is -0.475 e. The van der Waals surface area contributed by atoms with E-state index in [-0.39, 0.29) is 5.69 Å². The number of aromatic nitrogens is 3. The number of carboxylic acids is 1. The minimum atomic E-state index is -5.08. The van der Waals surface area contributed by atoms with Gasteiger partial charge < -0.3 is 10.8 Å². The molecule has 0 spiro atoms. The van der Waals surface area contributed by atoms with Crippen LogP contribution in [-0.2, 0) is 4.79 Å². The van der Waals surface area contributed by atoms with Crippen LogP contribution in [0, 0.1) is 0 Å². The van der Waals surface area contributed by atoms with Gasteiger partial charge in [-0.25, -0.2) is 9.78 Å². The molecule has 0 fully saturated rings. The van der Waals surface area contributed by atoms with E-state index in [1.165, 1.54) is 12.4 Å². The number of carbonyl (C=O) groups is 2. The van der Waals surface area contributed by atoms with Gasteiger partial charge in [0, 0.05) is 18.6 Å². The molecule has 1 amide bonds. The normalized spacial score (nSPS) is 10.3. The third-order valence-corrected chi connectivity index (χ3v) is 2.08. The molecule has 0 radical (unpaired) electrons. The number of hydrogen-bond acceptors (Lipinski definition) is 5. The molecule has 3 N–H and O–H groups in total. The van der Waals surface area contributed by atoms with E-state index < -0.39 is 18.1 Å². The molecule has 0 aromatic carbocycles. The Morgan fingerprint density at radius 3 is 2.09 bits per heavy atom. The zero-order valence-electron chi connectivity index (χ0n) is 10.8. The lowest BCUT2D eigenvalue weighted by Crippen LogP contribution is -2.21. The predicted molar refractivity (Wildman–Crippen MR) is 67.5 cm³/mol. The van der Waals surface area contributed by atoms with Crippen molar-refractivity contribution in [2.45, 2.75) is 6.18 Å². The highest BCUT2D eigenvalue weighted by molar-refractivity contribution is 5.96. The van der Waals surface area contributed by atoms with Gasteiger partial charge in [-0.05, 0) is 12.1 Å². The number of carboxylic acid groups (broad SMARTS) is 1. The van der Waals surface area contributed by atoms with Gasteiger partial charge in [0.25, 0.3) is 5.91 Å². The van der Waals surface area contributed by atoms with E-state index in [9.17, 15) is 18.0 Å². The summed E-state index contributed by atoms with van der Waals surface area (Å²) in [4.78, 5) is 32.0. The van der Waals surface area contributed by atoms with E-state index in [4.69, 9.17) is 15.6 Å². The molecule has 7 nitrogen and oxygen atoms in total. The summed E-state index contributed by atoms with van der Waals surface area (Å²) >= 11 is 0. The van der Waals surface area contributed by atoms with Crippen molar-refractivity contribution >= 4 is 11.9 Å². The molecule has 116 valence electrons. The number of aliphatic carboxylic acids is 1. The molecule has 0 unspecified atom stereocenters. The number of nitrogens with zero attached hydrogens (tertiary/aromatic N) is 3. The Hall–Kier alpha value is -3.04. The van der Waals surface area contributed by atoms with Crippen molar-refractivity contribution in [2.75, 3.05) is 0 Å². The van der Waals surface area contributed by atoms with Crippen LogP contribution in [0.3, 0.4) is 0 Å². The van der Waals surface area contributed by atoms with Crippen molar-refractivity contribution in [1.29, 1.82) is 0 Å². The predicted octanol–water partition coefficient (Wildman–Crippen LogP) is 1.27. The van der Waals surface area contributed by atoms with E-state index in [0.717, 1.165) is 0 Å². The molecule has 22 heavy (non-hydrogen) atoms. The summed E-state index contributed by atoms with van der Waals surface area (Å²) in [5.74, 6) is -3.36. The number of hydrogen-bond donors (Lipinski definition) is 2. The monoisotopic (exact) mass is 314 g/mol. The summed E-state index contributed by atoms with van der Waals surface area (Å²) in [6, 6.07) is 5.34. The van der Waals surface area contributed by atoms with Crippen molar-refractivity contribution in [1.82, 2.24) is 15.0 Å². The van der Waals surface area contributed by atoms with E-state index in [1.807, 2.05) is 6.07 Å². The molecule has 0 bridgehead atoms. The number of amides is 1. The summed E-state index contributed by atoms with van der Waals surface area (Å²) in [6.07, 6.45) is -0.544. The van der Waals surface area contributed by atoms with Crippen LogP contribution in [0.5, 0.6) is 0 Å². The standard InChI is InChI=1S/C10H8N4O.C2HF3O2/c11-10(15)9-8(13-5-6-14-9)7-3-1-2-4-12-7;3-2(4,5)1(6)7/h1-6H,(H2,11,15);(H,6,7). The molecule has 2 rings (SSSR count). The molecule has 0 aliphatic rings. The highest BCUT2D eigenvalue weighted by atomic mass is 19.4. The lowest BCUT2D eigenvalue weighted by molar-refractivity contribution is -0.192. The Bertz CT molecular complexity index is 662. The number of nitrogens with two attached hydrogens (primary N) is 1. The highest BCUT2D eigenvalue weighted by Gasteiger charge is 2.38. The van der Waals surface area contributed by atoms with Gasteiger partial charge in [-0.3, -0.25) is 14.8 Å². The number of halogens is 3. The van der Waals surface area contributed by atoms with Crippen LogP contribution in [0.4, 0.5) is 13.2 Å². The van der Waals surface area contributed by atoms with Gasteiger partial charge in [0.2, 0.25) is 0 Å². The topological polar surface area (TPSA) is 119 Å². The molecular weight excluding hydrogens is 305 g/mol. The number of rotatable bonds is 2. The third kappa shape index (κ3) is 4.81. The van der Waals surface area contributed by atoms with Crippen LogP contribution >= 0.6 is 0 Å². The van der Waals surface area contributed by atoms with E-state index >= 15 is 0 Å². The van der Waals surface area contributed by atoms with Gasteiger partial charge in [-0.1, -0.05) is 6.07 Å². The quantitative estimate of drug-likeness (QED) is 0.861. The zero-order valence-corrected chi connectivity index (χ0v) is 10.8. The number of carbonyl (C=O) groups excluding carboxylic acids is 1. The maximum absolute atomic E-state index is 11.1. The molecule has 0 atom stereocenters. The zero-order chi connectivity index (χ0) is 16.8. The Morgan fingerprint density at radius 2 is 1.64 bits per heavy atom. The molecule has 10 heteroatoms. The molecule has 2 aromatic heterocycles. The second kappa shape index (κ2) is 7.11. The first-order valence-corrected chi connectivity index (χ1v) is 5.55. The van der Waals surface area contributed by atoms with Crippen molar-refractivity contribution in [3.8, 4) is 11.4 Å². The van der Waals surface area contributed by atoms with Gasteiger partial charge >= 0.3 is 12.1 Å². The van der Waals surface area contributed by atoms with Crippen molar-refractivity contribution in [3.05, 3.63) is 42.5 Å². The second-order valence-electron chi connectivity index (χ2n) is 3.64. The van der Waals surface area contributed by atoms with Gasteiger partial charge in [0.15, 0.2) is 5.69 Å². The second-order valence-corrected chi connectivity index (χ2v) is 3.64. The van der Waals surface area contributed by atoms with Crippen LogP contribution < -0.4 is 5.73 Å². The van der Waals surface area contributed by atoms with E-state index in [2.05, 4.69) is 15.0 Å². The fourth-order valence-corrected chi connectivity index (χ4v) is 1.21. The molecule has 0 saturated heterocycles. The molecular formula is C12H9F3N4O3.